The van der Waals surface area contributed by atoms with Gasteiger partial charge in [0.2, 0.25) is 16.3 Å². The Morgan fingerprint density at radius 2 is 1.76 bits per heavy atom. The number of anilines is 1. The van der Waals surface area contributed by atoms with Gasteiger partial charge in [-0.3, -0.25) is 10.1 Å². The van der Waals surface area contributed by atoms with Crippen LogP contribution in [0.15, 0.2) is 24.3 Å². The summed E-state index contributed by atoms with van der Waals surface area (Å²) in [6, 6.07) is 6.84. The SMILES string of the molecule is O=[N+]([O-])c1ccc(N2CCN([CH2][AlH2])CC2)cc1. The van der Waals surface area contributed by atoms with Gasteiger partial charge in [0.15, 0.2) is 0 Å². The fraction of sp³-hybridized carbons (Fsp3) is 0.455. The number of hydrogen-bond donors (Lipinski definition) is 0. The van der Waals surface area contributed by atoms with E-state index in [2.05, 4.69) is 9.80 Å². The molecule has 0 aromatic heterocycles. The Kier molecular flexibility index (Phi) is 4.00. The number of piperazine rings is 1. The first kappa shape index (κ1) is 12.4. The number of nitrogens with zero attached hydrogens (tertiary/aromatic N) is 3. The maximum absolute atomic E-state index is 10.6. The summed E-state index contributed by atoms with van der Waals surface area (Å²) < 4.78 is 0. The minimum absolute atomic E-state index is 0.159. The Labute approximate surface area is 109 Å². The van der Waals surface area contributed by atoms with Crippen LogP contribution in [0.3, 0.4) is 0 Å². The quantitative estimate of drug-likeness (QED) is 0.439. The van der Waals surface area contributed by atoms with E-state index >= 15 is 0 Å². The second kappa shape index (κ2) is 5.50. The number of nitro groups is 1. The third-order valence-electron chi connectivity index (χ3n) is 3.25. The molecule has 0 unspecified atom stereocenters. The molecule has 6 heteroatoms. The van der Waals surface area contributed by atoms with Crippen LogP contribution < -0.4 is 4.90 Å². The monoisotopic (exact) mass is 249 g/mol. The zero-order valence-electron chi connectivity index (χ0n) is 10.0. The highest BCUT2D eigenvalue weighted by atomic mass is 27.0. The summed E-state index contributed by atoms with van der Waals surface area (Å²) in [6.45, 7) is 4.22. The van der Waals surface area contributed by atoms with Crippen molar-refractivity contribution in [2.24, 2.45) is 0 Å². The van der Waals surface area contributed by atoms with Crippen LogP contribution in [0, 0.1) is 10.1 Å². The van der Waals surface area contributed by atoms with Crippen molar-refractivity contribution in [3.63, 3.8) is 0 Å². The summed E-state index contributed by atoms with van der Waals surface area (Å²) in [5, 5.41) is 11.8. The summed E-state index contributed by atoms with van der Waals surface area (Å²) in [5.74, 6) is 0. The van der Waals surface area contributed by atoms with E-state index < -0.39 is 0 Å². The van der Waals surface area contributed by atoms with Crippen molar-refractivity contribution < 1.29 is 4.92 Å². The fourth-order valence-corrected chi connectivity index (χ4v) is 2.74. The van der Waals surface area contributed by atoms with Gasteiger partial charge in [-0.15, -0.1) is 0 Å². The van der Waals surface area contributed by atoms with E-state index in [0.717, 1.165) is 31.9 Å². The number of rotatable bonds is 3. The lowest BCUT2D eigenvalue weighted by Gasteiger charge is -2.35. The van der Waals surface area contributed by atoms with Crippen LogP contribution in [0.1, 0.15) is 0 Å². The number of hydrogen-bond acceptors (Lipinski definition) is 4. The minimum Gasteiger partial charge on any atom is -0.369 e. The van der Waals surface area contributed by atoms with Crippen LogP contribution in [0.4, 0.5) is 11.4 Å². The maximum Gasteiger partial charge on any atom is 0.269 e. The third kappa shape index (κ3) is 2.97. The molecule has 0 aliphatic carbocycles. The highest BCUT2D eigenvalue weighted by Gasteiger charge is 2.16. The first-order valence-corrected chi connectivity index (χ1v) is 7.34. The van der Waals surface area contributed by atoms with Crippen LogP contribution >= 0.6 is 0 Å². The molecule has 0 bridgehead atoms. The zero-order valence-corrected chi connectivity index (χ0v) is 12.0. The number of benzene rings is 1. The Hall–Kier alpha value is -1.09. The van der Waals surface area contributed by atoms with E-state index in [1.54, 1.807) is 12.1 Å². The van der Waals surface area contributed by atoms with E-state index in [0.29, 0.717) is 0 Å². The number of non-ortho nitro benzene ring substituents is 1. The van der Waals surface area contributed by atoms with Crippen LogP contribution in [0.2, 0.25) is 0 Å². The Bertz CT molecular complexity index is 388. The lowest BCUT2D eigenvalue weighted by Crippen LogP contribution is -2.46. The predicted octanol–water partition coefficient (Wildman–Crippen LogP) is 0.307. The molecule has 1 aliphatic rings. The summed E-state index contributed by atoms with van der Waals surface area (Å²) >= 11 is 1.22. The van der Waals surface area contributed by atoms with Gasteiger partial charge in [-0.2, -0.15) is 0 Å². The molecule has 90 valence electrons. The van der Waals surface area contributed by atoms with Crippen molar-refractivity contribution >= 4 is 27.7 Å². The van der Waals surface area contributed by atoms with Gasteiger partial charge in [0.1, 0.15) is 0 Å². The molecule has 0 N–H and O–H groups in total. The van der Waals surface area contributed by atoms with E-state index in [9.17, 15) is 10.1 Å². The Morgan fingerprint density at radius 1 is 1.18 bits per heavy atom. The summed E-state index contributed by atoms with van der Waals surface area (Å²) in [6.07, 6.45) is 0. The molecule has 1 saturated heterocycles. The van der Waals surface area contributed by atoms with Crippen molar-refractivity contribution in [2.45, 2.75) is 0 Å². The van der Waals surface area contributed by atoms with Gasteiger partial charge in [-0.25, -0.2) is 0 Å². The van der Waals surface area contributed by atoms with Crippen molar-refractivity contribution in [1.82, 2.24) is 4.90 Å². The average Bonchev–Trinajstić information content (AvgIpc) is 2.39. The molecule has 2 rings (SSSR count). The smallest absolute Gasteiger partial charge is 0.269 e. The highest BCUT2D eigenvalue weighted by molar-refractivity contribution is 6.08. The van der Waals surface area contributed by atoms with E-state index in [1.165, 1.54) is 21.7 Å². The van der Waals surface area contributed by atoms with E-state index in [4.69, 9.17) is 0 Å². The normalized spacial score (nSPS) is 17.1. The Balaban J connectivity index is 2.01. The lowest BCUT2D eigenvalue weighted by molar-refractivity contribution is -0.384. The first-order valence-electron chi connectivity index (χ1n) is 5.92. The topological polar surface area (TPSA) is 49.6 Å². The molecule has 1 aromatic carbocycles. The van der Waals surface area contributed by atoms with Gasteiger partial charge in [-0.1, -0.05) is 5.41 Å². The van der Waals surface area contributed by atoms with E-state index in [1.807, 2.05) is 12.1 Å². The van der Waals surface area contributed by atoms with E-state index in [-0.39, 0.29) is 10.6 Å². The third-order valence-corrected chi connectivity index (χ3v) is 4.14. The van der Waals surface area contributed by atoms with Crippen molar-refractivity contribution in [2.75, 3.05) is 36.5 Å². The zero-order chi connectivity index (χ0) is 12.3. The largest absolute Gasteiger partial charge is 0.369 e. The fourth-order valence-electron chi connectivity index (χ4n) is 2.11. The maximum atomic E-state index is 10.6. The molecule has 0 spiro atoms. The Morgan fingerprint density at radius 3 is 2.24 bits per heavy atom. The average molecular weight is 249 g/mol. The van der Waals surface area contributed by atoms with Gasteiger partial charge >= 0.3 is 0 Å². The minimum atomic E-state index is -0.358. The van der Waals surface area contributed by atoms with Crippen molar-refractivity contribution in [1.29, 1.82) is 0 Å². The molecule has 17 heavy (non-hydrogen) atoms. The second-order valence-electron chi connectivity index (χ2n) is 4.19. The summed E-state index contributed by atoms with van der Waals surface area (Å²) in [7, 11) is 0. The van der Waals surface area contributed by atoms with Gasteiger partial charge in [0.25, 0.3) is 5.69 Å². The standard InChI is InChI=1S/C11H14N3O2.Al.2H/c1-12-6-8-13(9-7-12)10-2-4-11(5-3-10)14(15)16;;;/h2-5H,1,6-9H2;;;. The summed E-state index contributed by atoms with van der Waals surface area (Å²) in [5.41, 5.74) is 1.25. The molecule has 1 aromatic rings. The molecule has 5 nitrogen and oxygen atoms in total. The molecular weight excluding hydrogens is 233 g/mol. The van der Waals surface area contributed by atoms with Gasteiger partial charge in [0.05, 0.1) is 4.92 Å². The van der Waals surface area contributed by atoms with Crippen molar-refractivity contribution in [3.05, 3.63) is 34.4 Å². The van der Waals surface area contributed by atoms with Gasteiger partial charge < -0.3 is 9.80 Å². The molecule has 0 atom stereocenters. The van der Waals surface area contributed by atoms with Crippen LogP contribution in [0.5, 0.6) is 0 Å². The molecule has 0 amide bonds. The second-order valence-corrected chi connectivity index (χ2v) is 4.83. The predicted molar refractivity (Wildman–Crippen MR) is 70.3 cm³/mol. The van der Waals surface area contributed by atoms with Crippen molar-refractivity contribution in [3.8, 4) is 0 Å². The van der Waals surface area contributed by atoms with Crippen LogP contribution in [0.25, 0.3) is 0 Å². The molecule has 0 saturated carbocycles. The molecular formula is C11H16AlN3O2. The van der Waals surface area contributed by atoms with Gasteiger partial charge in [0, 0.05) is 44.0 Å². The van der Waals surface area contributed by atoms with Crippen LogP contribution in [-0.2, 0) is 0 Å². The number of nitro benzene ring substituents is 1. The van der Waals surface area contributed by atoms with Crippen LogP contribution in [-0.4, -0.2) is 57.7 Å². The molecule has 0 radical (unpaired) electrons. The summed E-state index contributed by atoms with van der Waals surface area (Å²) in [4.78, 5) is 15.0. The highest BCUT2D eigenvalue weighted by Crippen LogP contribution is 2.20. The lowest BCUT2D eigenvalue weighted by atomic mass is 10.2. The molecule has 1 heterocycles. The molecule has 1 fully saturated rings. The van der Waals surface area contributed by atoms with Gasteiger partial charge in [-0.05, 0) is 12.1 Å². The first-order chi connectivity index (χ1) is 8.20. The molecule has 1 aliphatic heterocycles.